The van der Waals surface area contributed by atoms with E-state index in [0.29, 0.717) is 29.0 Å². The fraction of sp³-hybridized carbons (Fsp3) is 0.538. The molecule has 0 radical (unpaired) electrons. The molecule has 0 spiro atoms. The molecule has 1 fully saturated rings. The standard InChI is InChI=1S/C26H35N5O2/c1-16-11-19(15-26(6,7)14-16)27-23(32)18-9-8-10-20(12-18)31-22(25(3,4)5)13-21(30-31)24-29-28-17(2)33-24/h8-10,12-13,16,19H,11,14-15H2,1-7H3,(H,27,32)/t16-,19-/m0/s1. The Morgan fingerprint density at radius 3 is 2.58 bits per heavy atom. The summed E-state index contributed by atoms with van der Waals surface area (Å²) in [4.78, 5) is 13.2. The van der Waals surface area contributed by atoms with Gasteiger partial charge < -0.3 is 9.73 Å². The topological polar surface area (TPSA) is 85.8 Å². The summed E-state index contributed by atoms with van der Waals surface area (Å²) < 4.78 is 7.47. The molecule has 1 aliphatic carbocycles. The summed E-state index contributed by atoms with van der Waals surface area (Å²) in [5.74, 6) is 1.45. The first-order valence-electron chi connectivity index (χ1n) is 11.7. The van der Waals surface area contributed by atoms with E-state index in [1.807, 2.05) is 35.0 Å². The number of benzene rings is 1. The van der Waals surface area contributed by atoms with Crippen LogP contribution in [0.25, 0.3) is 17.3 Å². The van der Waals surface area contributed by atoms with Crippen molar-refractivity contribution < 1.29 is 9.21 Å². The van der Waals surface area contributed by atoms with Crippen molar-refractivity contribution in [2.24, 2.45) is 11.3 Å². The molecule has 1 aromatic carbocycles. The van der Waals surface area contributed by atoms with Crippen molar-refractivity contribution in [3.8, 4) is 17.3 Å². The number of amides is 1. The number of hydrogen-bond donors (Lipinski definition) is 1. The van der Waals surface area contributed by atoms with Crippen LogP contribution in [0.5, 0.6) is 0 Å². The van der Waals surface area contributed by atoms with Crippen molar-refractivity contribution in [2.45, 2.75) is 79.2 Å². The molecule has 0 aliphatic heterocycles. The summed E-state index contributed by atoms with van der Waals surface area (Å²) in [6, 6.07) is 9.81. The molecule has 2 atom stereocenters. The van der Waals surface area contributed by atoms with E-state index in [9.17, 15) is 4.79 Å². The summed E-state index contributed by atoms with van der Waals surface area (Å²) >= 11 is 0. The summed E-state index contributed by atoms with van der Waals surface area (Å²) in [5, 5.41) is 16.1. The van der Waals surface area contributed by atoms with Crippen LogP contribution in [0.3, 0.4) is 0 Å². The Kier molecular flexibility index (Phi) is 5.93. The number of rotatable bonds is 4. The van der Waals surface area contributed by atoms with Crippen LogP contribution in [0, 0.1) is 18.3 Å². The van der Waals surface area contributed by atoms with Gasteiger partial charge in [0.25, 0.3) is 11.8 Å². The molecule has 176 valence electrons. The number of carbonyl (C=O) groups excluding carboxylic acids is 1. The third kappa shape index (κ3) is 5.18. The van der Waals surface area contributed by atoms with Gasteiger partial charge in [-0.15, -0.1) is 10.2 Å². The Bertz CT molecular complexity index is 1150. The average Bonchev–Trinajstić information content (AvgIpc) is 3.32. The maximum absolute atomic E-state index is 13.2. The van der Waals surface area contributed by atoms with Crippen LogP contribution in [0.4, 0.5) is 0 Å². The molecule has 0 saturated heterocycles. The van der Waals surface area contributed by atoms with E-state index in [4.69, 9.17) is 9.52 Å². The van der Waals surface area contributed by atoms with Crippen molar-refractivity contribution in [2.75, 3.05) is 0 Å². The molecular formula is C26H35N5O2. The molecule has 1 amide bonds. The third-order valence-electron chi connectivity index (χ3n) is 6.30. The molecule has 33 heavy (non-hydrogen) atoms. The highest BCUT2D eigenvalue weighted by molar-refractivity contribution is 5.95. The van der Waals surface area contributed by atoms with Crippen molar-refractivity contribution in [1.82, 2.24) is 25.3 Å². The van der Waals surface area contributed by atoms with Crippen LogP contribution in [-0.2, 0) is 5.41 Å². The van der Waals surface area contributed by atoms with Gasteiger partial charge >= 0.3 is 0 Å². The van der Waals surface area contributed by atoms with E-state index >= 15 is 0 Å². The van der Waals surface area contributed by atoms with Gasteiger partial charge in [0, 0.05) is 23.9 Å². The predicted molar refractivity (Wildman–Crippen MR) is 128 cm³/mol. The van der Waals surface area contributed by atoms with Gasteiger partial charge in [-0.3, -0.25) is 4.79 Å². The Balaban J connectivity index is 1.63. The largest absolute Gasteiger partial charge is 0.420 e. The Morgan fingerprint density at radius 2 is 1.94 bits per heavy atom. The van der Waals surface area contributed by atoms with Crippen molar-refractivity contribution in [1.29, 1.82) is 0 Å². The molecule has 1 saturated carbocycles. The third-order valence-corrected chi connectivity index (χ3v) is 6.30. The van der Waals surface area contributed by atoms with Gasteiger partial charge in [0.1, 0.15) is 5.69 Å². The Labute approximate surface area is 196 Å². The second kappa shape index (κ2) is 8.43. The Morgan fingerprint density at radius 1 is 1.18 bits per heavy atom. The molecule has 7 nitrogen and oxygen atoms in total. The first-order valence-corrected chi connectivity index (χ1v) is 11.7. The number of carbonyl (C=O) groups is 1. The van der Waals surface area contributed by atoms with Crippen molar-refractivity contribution in [3.63, 3.8) is 0 Å². The Hall–Kier alpha value is -2.96. The normalized spacial score (nSPS) is 20.6. The minimum Gasteiger partial charge on any atom is -0.420 e. The minimum absolute atomic E-state index is 0.0380. The average molecular weight is 450 g/mol. The van der Waals surface area contributed by atoms with Crippen LogP contribution in [-0.4, -0.2) is 31.9 Å². The second-order valence-corrected chi connectivity index (χ2v) is 11.3. The van der Waals surface area contributed by atoms with Crippen molar-refractivity contribution in [3.05, 3.63) is 47.5 Å². The zero-order chi connectivity index (χ0) is 24.0. The van der Waals surface area contributed by atoms with E-state index < -0.39 is 0 Å². The molecule has 2 aromatic heterocycles. The van der Waals surface area contributed by atoms with Gasteiger partial charge in [-0.05, 0) is 54.9 Å². The highest BCUT2D eigenvalue weighted by Gasteiger charge is 2.33. The number of aryl methyl sites for hydroxylation is 1. The molecule has 0 bridgehead atoms. The summed E-state index contributed by atoms with van der Waals surface area (Å²) in [6.07, 6.45) is 3.23. The lowest BCUT2D eigenvalue weighted by atomic mass is 9.70. The van der Waals surface area contributed by atoms with E-state index in [1.54, 1.807) is 6.92 Å². The number of hydrogen-bond acceptors (Lipinski definition) is 5. The lowest BCUT2D eigenvalue weighted by molar-refractivity contribution is 0.0874. The maximum Gasteiger partial charge on any atom is 0.268 e. The van der Waals surface area contributed by atoms with Crippen LogP contribution in [0.1, 0.15) is 82.7 Å². The van der Waals surface area contributed by atoms with Crippen LogP contribution < -0.4 is 5.32 Å². The van der Waals surface area contributed by atoms with E-state index in [0.717, 1.165) is 24.2 Å². The molecule has 1 N–H and O–H groups in total. The fourth-order valence-electron chi connectivity index (χ4n) is 5.12. The summed E-state index contributed by atoms with van der Waals surface area (Å²) in [5.41, 5.74) is 3.14. The van der Waals surface area contributed by atoms with E-state index in [2.05, 4.69) is 57.1 Å². The number of nitrogens with one attached hydrogen (secondary N) is 1. The highest BCUT2D eigenvalue weighted by atomic mass is 16.4. The van der Waals surface area contributed by atoms with Crippen LogP contribution in [0.15, 0.2) is 34.7 Å². The minimum atomic E-state index is -0.178. The zero-order valence-corrected chi connectivity index (χ0v) is 20.8. The smallest absolute Gasteiger partial charge is 0.268 e. The van der Waals surface area contributed by atoms with Gasteiger partial charge in [-0.1, -0.05) is 47.6 Å². The predicted octanol–water partition coefficient (Wildman–Crippen LogP) is 5.47. The number of nitrogens with zero attached hydrogens (tertiary/aromatic N) is 4. The zero-order valence-electron chi connectivity index (χ0n) is 20.8. The molecule has 4 rings (SSSR count). The molecule has 3 aromatic rings. The first kappa shape index (κ1) is 23.2. The second-order valence-electron chi connectivity index (χ2n) is 11.3. The molecule has 7 heteroatoms. The van der Waals surface area contributed by atoms with Gasteiger partial charge in [0.2, 0.25) is 5.89 Å². The first-order chi connectivity index (χ1) is 15.4. The number of aromatic nitrogens is 4. The van der Waals surface area contributed by atoms with Gasteiger partial charge in [-0.25, -0.2) is 4.68 Å². The van der Waals surface area contributed by atoms with Gasteiger partial charge in [0.05, 0.1) is 11.4 Å². The van der Waals surface area contributed by atoms with Gasteiger partial charge in [0.15, 0.2) is 0 Å². The quantitative estimate of drug-likeness (QED) is 0.570. The van der Waals surface area contributed by atoms with E-state index in [-0.39, 0.29) is 22.8 Å². The maximum atomic E-state index is 13.2. The SMILES string of the molecule is Cc1nnc(-c2cc(C(C)(C)C)n(-c3cccc(C(=O)N[C@H]4C[C@H](C)CC(C)(C)C4)c3)n2)o1. The lowest BCUT2D eigenvalue weighted by Crippen LogP contribution is -2.43. The molecule has 1 aliphatic rings. The monoisotopic (exact) mass is 449 g/mol. The van der Waals surface area contributed by atoms with Crippen molar-refractivity contribution >= 4 is 5.91 Å². The van der Waals surface area contributed by atoms with Crippen LogP contribution >= 0.6 is 0 Å². The molecule has 0 unspecified atom stereocenters. The fourth-order valence-corrected chi connectivity index (χ4v) is 5.12. The molecule has 2 heterocycles. The highest BCUT2D eigenvalue weighted by Crippen LogP contribution is 2.38. The summed E-state index contributed by atoms with van der Waals surface area (Å²) in [6.45, 7) is 15.0. The van der Waals surface area contributed by atoms with Gasteiger partial charge in [-0.2, -0.15) is 5.10 Å². The van der Waals surface area contributed by atoms with Crippen LogP contribution in [0.2, 0.25) is 0 Å². The van der Waals surface area contributed by atoms with E-state index in [1.165, 1.54) is 6.42 Å². The molecular weight excluding hydrogens is 414 g/mol. The summed E-state index contributed by atoms with van der Waals surface area (Å²) in [7, 11) is 0. The lowest BCUT2D eigenvalue weighted by Gasteiger charge is -2.39.